The van der Waals surface area contributed by atoms with E-state index in [0.717, 1.165) is 29.2 Å². The Bertz CT molecular complexity index is 1420. The van der Waals surface area contributed by atoms with Crippen molar-refractivity contribution in [2.75, 3.05) is 20.1 Å². The minimum absolute atomic E-state index is 0.137. The molecule has 0 aliphatic heterocycles. The maximum Gasteiger partial charge on any atom is 0.253 e. The highest BCUT2D eigenvalue weighted by Crippen LogP contribution is 2.18. The zero-order valence-corrected chi connectivity index (χ0v) is 26.4. The van der Waals surface area contributed by atoms with Crippen molar-refractivity contribution >= 4 is 23.2 Å². The van der Waals surface area contributed by atoms with Crippen molar-refractivity contribution in [2.45, 2.75) is 59.5 Å². The van der Waals surface area contributed by atoms with E-state index in [9.17, 15) is 9.59 Å². The summed E-state index contributed by atoms with van der Waals surface area (Å²) in [4.78, 5) is 35.8. The number of hydrogen-bond donors (Lipinski definition) is 2. The maximum atomic E-state index is 12.8. The Morgan fingerprint density at radius 2 is 1.62 bits per heavy atom. The number of nitrogens with zero attached hydrogens (tertiary/aromatic N) is 3. The molecular weight excluding hydrogens is 542 g/mol. The molecule has 2 aromatic carbocycles. The van der Waals surface area contributed by atoms with Crippen LogP contribution in [0.4, 0.5) is 0 Å². The number of amides is 2. The van der Waals surface area contributed by atoms with Crippen molar-refractivity contribution in [2.24, 2.45) is 0 Å². The molecule has 0 aliphatic carbocycles. The Morgan fingerprint density at radius 3 is 2.26 bits per heavy atom. The summed E-state index contributed by atoms with van der Waals surface area (Å²) in [5, 5.41) is 9.30. The summed E-state index contributed by atoms with van der Waals surface area (Å²) in [5.41, 5.74) is 5.63. The quantitative estimate of drug-likeness (QED) is 0.191. The number of rotatable bonds is 11. The van der Waals surface area contributed by atoms with E-state index in [4.69, 9.17) is 0 Å². The lowest BCUT2D eigenvalue weighted by molar-refractivity contribution is 0.0785. The molecule has 0 saturated heterocycles. The van der Waals surface area contributed by atoms with Crippen molar-refractivity contribution < 1.29 is 9.59 Å². The molecule has 0 spiro atoms. The fraction of sp³-hybridized carbons (Fsp3) is 0.353. The molecule has 0 bridgehead atoms. The number of hydrogen-bond acceptors (Lipinski definition) is 6. The van der Waals surface area contributed by atoms with Gasteiger partial charge in [0.25, 0.3) is 11.8 Å². The number of aryl methyl sites for hydroxylation is 2. The molecule has 1 unspecified atom stereocenters. The van der Waals surface area contributed by atoms with E-state index in [1.165, 1.54) is 22.5 Å². The van der Waals surface area contributed by atoms with Gasteiger partial charge in [0.1, 0.15) is 5.01 Å². The molecule has 42 heavy (non-hydrogen) atoms. The smallest absolute Gasteiger partial charge is 0.253 e. The third kappa shape index (κ3) is 10.5. The van der Waals surface area contributed by atoms with E-state index in [2.05, 4.69) is 66.5 Å². The zero-order chi connectivity index (χ0) is 30.5. The van der Waals surface area contributed by atoms with Gasteiger partial charge in [-0.05, 0) is 69.0 Å². The fourth-order valence-corrected chi connectivity index (χ4v) is 4.98. The van der Waals surface area contributed by atoms with Crippen LogP contribution < -0.4 is 10.6 Å². The summed E-state index contributed by atoms with van der Waals surface area (Å²) < 4.78 is 0. The van der Waals surface area contributed by atoms with Crippen molar-refractivity contribution in [3.05, 3.63) is 117 Å². The van der Waals surface area contributed by atoms with Gasteiger partial charge in [-0.1, -0.05) is 61.9 Å². The highest BCUT2D eigenvalue weighted by Gasteiger charge is 2.16. The number of carbonyl (C=O) groups is 2. The summed E-state index contributed by atoms with van der Waals surface area (Å²) in [6, 6.07) is 19.5. The van der Waals surface area contributed by atoms with Crippen LogP contribution in [-0.4, -0.2) is 46.8 Å². The number of carbonyl (C=O) groups excluding carboxylic acids is 2. The van der Waals surface area contributed by atoms with Crippen LogP contribution in [0.15, 0.2) is 78.4 Å². The first kappa shape index (κ1) is 32.6. The number of pyridine rings is 1. The molecule has 1 atom stereocenters. The van der Waals surface area contributed by atoms with E-state index in [1.807, 2.05) is 42.9 Å². The molecule has 2 amide bonds. The second-order valence-electron chi connectivity index (χ2n) is 10.8. The standard InChI is InChI=1S/C27H35N5O2S.C7H8/c1-18(2)23-13-24(15-28-14-23)20(4)29-10-7-11-30-26(33)21-8-6-9-22(12-21)27(34)32(5)16-25-31-19(3)17-35-25;1-7-5-3-2-4-6-7/h6,8-9,12-15,17-18,20,29H,7,10-11,16H2,1-5H3,(H,30,33);2-6H,1H3. The molecule has 0 saturated carbocycles. The molecule has 0 aliphatic rings. The number of benzene rings is 2. The molecule has 2 heterocycles. The average Bonchev–Trinajstić information content (AvgIpc) is 3.41. The van der Waals surface area contributed by atoms with Crippen LogP contribution in [0.3, 0.4) is 0 Å². The SMILES string of the molecule is Cc1ccccc1.Cc1csc(CN(C)C(=O)c2cccc(C(=O)NCCCNC(C)c3cncc(C(C)C)c3)c2)n1. The predicted octanol–water partition coefficient (Wildman–Crippen LogP) is 6.71. The number of aromatic nitrogens is 2. The average molecular weight is 586 g/mol. The van der Waals surface area contributed by atoms with E-state index < -0.39 is 0 Å². The van der Waals surface area contributed by atoms with Crippen molar-refractivity contribution in [3.8, 4) is 0 Å². The lowest BCUT2D eigenvalue weighted by Gasteiger charge is -2.16. The maximum absolute atomic E-state index is 12.8. The van der Waals surface area contributed by atoms with Gasteiger partial charge in [0.15, 0.2) is 0 Å². The summed E-state index contributed by atoms with van der Waals surface area (Å²) in [6.07, 6.45) is 4.61. The van der Waals surface area contributed by atoms with Gasteiger partial charge in [-0.2, -0.15) is 0 Å². The van der Waals surface area contributed by atoms with Crippen molar-refractivity contribution in [1.29, 1.82) is 0 Å². The molecule has 4 aromatic rings. The Morgan fingerprint density at radius 1 is 0.905 bits per heavy atom. The minimum atomic E-state index is -0.181. The van der Waals surface area contributed by atoms with Crippen LogP contribution in [-0.2, 0) is 6.54 Å². The van der Waals surface area contributed by atoms with E-state index in [-0.39, 0.29) is 17.9 Å². The summed E-state index contributed by atoms with van der Waals surface area (Å²) >= 11 is 1.54. The first-order valence-corrected chi connectivity index (χ1v) is 15.3. The van der Waals surface area contributed by atoms with Gasteiger partial charge in [-0.15, -0.1) is 11.3 Å². The van der Waals surface area contributed by atoms with E-state index in [1.54, 1.807) is 36.2 Å². The summed E-state index contributed by atoms with van der Waals surface area (Å²) in [5.74, 6) is 0.128. The molecule has 7 nitrogen and oxygen atoms in total. The normalized spacial score (nSPS) is 11.4. The van der Waals surface area contributed by atoms with Gasteiger partial charge < -0.3 is 15.5 Å². The molecule has 2 N–H and O–H groups in total. The molecule has 0 fully saturated rings. The second-order valence-corrected chi connectivity index (χ2v) is 11.7. The van der Waals surface area contributed by atoms with Crippen LogP contribution in [0.5, 0.6) is 0 Å². The predicted molar refractivity (Wildman–Crippen MR) is 172 cm³/mol. The third-order valence-electron chi connectivity index (χ3n) is 6.73. The number of nitrogens with one attached hydrogen (secondary N) is 2. The van der Waals surface area contributed by atoms with Crippen molar-refractivity contribution in [3.63, 3.8) is 0 Å². The van der Waals surface area contributed by atoms with Gasteiger partial charge in [0, 0.05) is 54.2 Å². The van der Waals surface area contributed by atoms with Crippen LogP contribution in [0, 0.1) is 13.8 Å². The first-order chi connectivity index (χ1) is 20.1. The molecule has 2 aromatic heterocycles. The lowest BCUT2D eigenvalue weighted by atomic mass is 10.0. The van der Waals surface area contributed by atoms with Crippen LogP contribution >= 0.6 is 11.3 Å². The largest absolute Gasteiger partial charge is 0.352 e. The Kier molecular flexibility index (Phi) is 12.8. The molecule has 222 valence electrons. The van der Waals surface area contributed by atoms with Gasteiger partial charge in [0.2, 0.25) is 0 Å². The van der Waals surface area contributed by atoms with Gasteiger partial charge in [-0.3, -0.25) is 14.6 Å². The number of thiazole rings is 1. The van der Waals surface area contributed by atoms with Gasteiger partial charge in [0.05, 0.1) is 6.54 Å². The second kappa shape index (κ2) is 16.5. The topological polar surface area (TPSA) is 87.2 Å². The minimum Gasteiger partial charge on any atom is -0.352 e. The van der Waals surface area contributed by atoms with E-state index >= 15 is 0 Å². The monoisotopic (exact) mass is 585 g/mol. The first-order valence-electron chi connectivity index (χ1n) is 14.4. The Balaban J connectivity index is 0.000000603. The molecular formula is C34H43N5O2S. The molecule has 8 heteroatoms. The highest BCUT2D eigenvalue weighted by atomic mass is 32.1. The molecule has 4 rings (SSSR count). The third-order valence-corrected chi connectivity index (χ3v) is 7.69. The Hall–Kier alpha value is -3.88. The summed E-state index contributed by atoms with van der Waals surface area (Å²) in [7, 11) is 1.74. The van der Waals surface area contributed by atoms with Gasteiger partial charge >= 0.3 is 0 Å². The highest BCUT2D eigenvalue weighted by molar-refractivity contribution is 7.09. The molecule has 0 radical (unpaired) electrons. The van der Waals surface area contributed by atoms with Gasteiger partial charge in [-0.25, -0.2) is 4.98 Å². The lowest BCUT2D eigenvalue weighted by Crippen LogP contribution is -2.29. The summed E-state index contributed by atoms with van der Waals surface area (Å²) in [6.45, 7) is 12.2. The Labute approximate surface area is 254 Å². The fourth-order valence-electron chi connectivity index (χ4n) is 4.16. The van der Waals surface area contributed by atoms with Crippen LogP contribution in [0.2, 0.25) is 0 Å². The van der Waals surface area contributed by atoms with Crippen molar-refractivity contribution in [1.82, 2.24) is 25.5 Å². The van der Waals surface area contributed by atoms with Crippen LogP contribution in [0.1, 0.15) is 87.3 Å². The van der Waals surface area contributed by atoms with E-state index in [0.29, 0.717) is 30.1 Å². The van der Waals surface area contributed by atoms with Crippen LogP contribution in [0.25, 0.3) is 0 Å². The zero-order valence-electron chi connectivity index (χ0n) is 25.6.